The second-order valence-electron chi connectivity index (χ2n) is 12.9. The minimum atomic E-state index is -0.290. The molecule has 0 amide bonds. The molecule has 4 aliphatic rings. The fourth-order valence-corrected chi connectivity index (χ4v) is 6.99. The summed E-state index contributed by atoms with van der Waals surface area (Å²) in [4.78, 5) is 8.72. The van der Waals surface area contributed by atoms with Crippen molar-refractivity contribution in [2.24, 2.45) is 0 Å². The van der Waals surface area contributed by atoms with Gasteiger partial charge in [-0.05, 0) is 107 Å². The van der Waals surface area contributed by atoms with Crippen molar-refractivity contribution in [3.8, 4) is 22.3 Å². The zero-order valence-corrected chi connectivity index (χ0v) is 25.2. The second kappa shape index (κ2) is 10.7. The predicted octanol–water partition coefficient (Wildman–Crippen LogP) is 9.04. The van der Waals surface area contributed by atoms with Gasteiger partial charge in [-0.1, -0.05) is 72.8 Å². The summed E-state index contributed by atoms with van der Waals surface area (Å²) in [5.41, 5.74) is 11.9. The van der Waals surface area contributed by atoms with Gasteiger partial charge in [0.2, 0.25) is 0 Å². The SMILES string of the molecule is CC12CC1(C)OB(C1=CCCC(c3cc(-c4cccc(-c5cccnc5)c4)cc(C4C=CC=C(c5cccnc5)C4)c3)=C1)O2. The van der Waals surface area contributed by atoms with E-state index in [1.54, 1.807) is 0 Å². The van der Waals surface area contributed by atoms with E-state index in [1.165, 1.54) is 44.5 Å². The summed E-state index contributed by atoms with van der Waals surface area (Å²) in [6, 6.07) is 24.2. The molecule has 2 aromatic carbocycles. The van der Waals surface area contributed by atoms with Crippen molar-refractivity contribution in [3.63, 3.8) is 0 Å². The van der Waals surface area contributed by atoms with E-state index >= 15 is 0 Å². The van der Waals surface area contributed by atoms with Gasteiger partial charge in [0.15, 0.2) is 0 Å². The van der Waals surface area contributed by atoms with E-state index in [4.69, 9.17) is 9.31 Å². The molecule has 8 rings (SSSR count). The van der Waals surface area contributed by atoms with Crippen LogP contribution in [0.5, 0.6) is 0 Å². The van der Waals surface area contributed by atoms with Crippen molar-refractivity contribution in [1.29, 1.82) is 0 Å². The lowest BCUT2D eigenvalue weighted by atomic mass is 9.73. The standard InChI is InChI=1S/C39H35BN2O2/c1-38-26-39(38,2)44-40(43-38)37-15-5-12-31(23-37)36-21-34(29-10-3-8-27(18-29)32-13-6-16-41-24-32)20-35(22-36)30-11-4-9-28(19-30)33-14-7-17-42-25-33/h3-4,6-11,13-18,20-25,30H,5,12,19,26H2,1-2H3. The zero-order valence-electron chi connectivity index (χ0n) is 25.2. The highest BCUT2D eigenvalue weighted by Crippen LogP contribution is 2.59. The molecule has 0 bridgehead atoms. The fraction of sp³-hybridized carbons (Fsp3) is 0.231. The lowest BCUT2D eigenvalue weighted by Gasteiger charge is -2.23. The number of pyridine rings is 2. The summed E-state index contributed by atoms with van der Waals surface area (Å²) in [7, 11) is -0.290. The van der Waals surface area contributed by atoms with Gasteiger partial charge >= 0.3 is 7.12 Å². The summed E-state index contributed by atoms with van der Waals surface area (Å²) in [6.07, 6.45) is 22.8. The number of fused-ring (bicyclic) bond motifs is 1. The largest absolute Gasteiger partial charge is 0.494 e. The van der Waals surface area contributed by atoms with Gasteiger partial charge in [-0.15, -0.1) is 0 Å². The van der Waals surface area contributed by atoms with Crippen LogP contribution in [0, 0.1) is 0 Å². The van der Waals surface area contributed by atoms with Crippen LogP contribution in [0.1, 0.15) is 62.1 Å². The van der Waals surface area contributed by atoms with Crippen LogP contribution in [0.2, 0.25) is 0 Å². The van der Waals surface area contributed by atoms with Gasteiger partial charge in [0, 0.05) is 42.7 Å². The normalized spacial score (nSPS) is 25.6. The molecule has 3 heterocycles. The van der Waals surface area contributed by atoms with Gasteiger partial charge in [0.05, 0.1) is 11.2 Å². The van der Waals surface area contributed by atoms with Gasteiger partial charge in [0.1, 0.15) is 0 Å². The highest BCUT2D eigenvalue weighted by molar-refractivity contribution is 6.56. The van der Waals surface area contributed by atoms with Gasteiger partial charge in [-0.25, -0.2) is 0 Å². The molecular weight excluding hydrogens is 539 g/mol. The third kappa shape index (κ3) is 5.00. The van der Waals surface area contributed by atoms with Crippen molar-refractivity contribution in [2.45, 2.75) is 56.7 Å². The zero-order chi connectivity index (χ0) is 29.7. The number of allylic oxidation sites excluding steroid dienone is 8. The molecule has 3 unspecified atom stereocenters. The van der Waals surface area contributed by atoms with Gasteiger partial charge < -0.3 is 9.31 Å². The van der Waals surface area contributed by atoms with Crippen LogP contribution in [0.25, 0.3) is 33.4 Å². The Morgan fingerprint density at radius 2 is 1.43 bits per heavy atom. The highest BCUT2D eigenvalue weighted by atomic mass is 16.7. The average Bonchev–Trinajstić information content (AvgIpc) is 3.51. The minimum Gasteiger partial charge on any atom is -0.399 e. The number of benzene rings is 2. The Labute approximate surface area is 260 Å². The maximum atomic E-state index is 6.41. The summed E-state index contributed by atoms with van der Waals surface area (Å²) >= 11 is 0. The van der Waals surface area contributed by atoms with E-state index in [9.17, 15) is 0 Å². The molecule has 2 aromatic heterocycles. The average molecular weight is 575 g/mol. The predicted molar refractivity (Wildman–Crippen MR) is 178 cm³/mol. The molecule has 1 saturated carbocycles. The molecule has 2 fully saturated rings. The number of nitrogens with zero attached hydrogens (tertiary/aromatic N) is 2. The molecule has 0 N–H and O–H groups in total. The fourth-order valence-electron chi connectivity index (χ4n) is 6.99. The Hall–Kier alpha value is -4.32. The number of aromatic nitrogens is 2. The monoisotopic (exact) mass is 574 g/mol. The first-order chi connectivity index (χ1) is 21.5. The molecular formula is C39H35BN2O2. The summed E-state index contributed by atoms with van der Waals surface area (Å²) < 4.78 is 12.8. The molecule has 1 saturated heterocycles. The van der Waals surface area contributed by atoms with Gasteiger partial charge in [0.25, 0.3) is 0 Å². The topological polar surface area (TPSA) is 44.2 Å². The van der Waals surface area contributed by atoms with Crippen molar-refractivity contribution in [2.75, 3.05) is 0 Å². The smallest absolute Gasteiger partial charge is 0.399 e. The third-order valence-electron chi connectivity index (χ3n) is 9.87. The maximum Gasteiger partial charge on any atom is 0.494 e. The first-order valence-corrected chi connectivity index (χ1v) is 15.7. The molecule has 1 aliphatic heterocycles. The van der Waals surface area contributed by atoms with E-state index in [0.717, 1.165) is 36.7 Å². The molecule has 3 aliphatic carbocycles. The molecule has 0 spiro atoms. The molecule has 3 atom stereocenters. The van der Waals surface area contributed by atoms with Crippen molar-refractivity contribution in [1.82, 2.24) is 9.97 Å². The van der Waals surface area contributed by atoms with E-state index < -0.39 is 0 Å². The Bertz CT molecular complexity index is 1850. The maximum absolute atomic E-state index is 6.41. The van der Waals surface area contributed by atoms with Crippen LogP contribution in [0.4, 0.5) is 0 Å². The quantitative estimate of drug-likeness (QED) is 0.216. The third-order valence-corrected chi connectivity index (χ3v) is 9.87. The lowest BCUT2D eigenvalue weighted by Crippen LogP contribution is -2.24. The molecule has 5 heteroatoms. The first-order valence-electron chi connectivity index (χ1n) is 15.7. The number of rotatable bonds is 6. The Kier molecular flexibility index (Phi) is 6.62. The summed E-state index contributed by atoms with van der Waals surface area (Å²) in [5, 5.41) is 0. The summed E-state index contributed by atoms with van der Waals surface area (Å²) in [6.45, 7) is 4.34. The Balaban J connectivity index is 1.18. The van der Waals surface area contributed by atoms with E-state index in [2.05, 4.69) is 109 Å². The number of hydrogen-bond acceptors (Lipinski definition) is 4. The van der Waals surface area contributed by atoms with Crippen LogP contribution < -0.4 is 0 Å². The van der Waals surface area contributed by atoms with Crippen molar-refractivity contribution < 1.29 is 9.31 Å². The molecule has 4 aromatic rings. The summed E-state index contributed by atoms with van der Waals surface area (Å²) in [5.74, 6) is 0.267. The molecule has 216 valence electrons. The van der Waals surface area contributed by atoms with Crippen LogP contribution in [-0.4, -0.2) is 28.3 Å². The van der Waals surface area contributed by atoms with E-state index in [0.29, 0.717) is 0 Å². The highest BCUT2D eigenvalue weighted by Gasteiger charge is 2.71. The Morgan fingerprint density at radius 3 is 2.18 bits per heavy atom. The second-order valence-corrected chi connectivity index (χ2v) is 12.9. The van der Waals surface area contributed by atoms with Crippen LogP contribution in [-0.2, 0) is 9.31 Å². The van der Waals surface area contributed by atoms with Crippen LogP contribution in [0.3, 0.4) is 0 Å². The van der Waals surface area contributed by atoms with E-state index in [1.807, 2.05) is 36.9 Å². The minimum absolute atomic E-state index is 0.164. The number of hydrogen-bond donors (Lipinski definition) is 0. The molecule has 4 nitrogen and oxygen atoms in total. The Morgan fingerprint density at radius 1 is 0.750 bits per heavy atom. The lowest BCUT2D eigenvalue weighted by molar-refractivity contribution is 0.187. The van der Waals surface area contributed by atoms with Crippen LogP contribution in [0.15, 0.2) is 127 Å². The van der Waals surface area contributed by atoms with Crippen molar-refractivity contribution >= 4 is 18.3 Å². The van der Waals surface area contributed by atoms with Gasteiger partial charge in [-0.2, -0.15) is 0 Å². The molecule has 44 heavy (non-hydrogen) atoms. The van der Waals surface area contributed by atoms with Crippen LogP contribution >= 0.6 is 0 Å². The van der Waals surface area contributed by atoms with Gasteiger partial charge in [-0.3, -0.25) is 9.97 Å². The van der Waals surface area contributed by atoms with E-state index in [-0.39, 0.29) is 24.2 Å². The first kappa shape index (κ1) is 27.2. The molecule has 0 radical (unpaired) electrons. The van der Waals surface area contributed by atoms with Crippen molar-refractivity contribution in [3.05, 3.63) is 144 Å².